The van der Waals surface area contributed by atoms with Gasteiger partial charge in [-0.2, -0.15) is 0 Å². The summed E-state index contributed by atoms with van der Waals surface area (Å²) in [7, 11) is 3.84. The molecule has 0 radical (unpaired) electrons. The van der Waals surface area contributed by atoms with Crippen LogP contribution >= 0.6 is 0 Å². The summed E-state index contributed by atoms with van der Waals surface area (Å²) in [5, 5.41) is 11.3. The Morgan fingerprint density at radius 1 is 1.31 bits per heavy atom. The SMILES string of the molecule is CN(C)c1ccc(C(=O)N2C[C@H]3COCC[C@@]3(O)[C@@H]3COCC[C@@H]32)cn1. The minimum atomic E-state index is -0.798. The van der Waals surface area contributed by atoms with E-state index < -0.39 is 5.60 Å². The van der Waals surface area contributed by atoms with Gasteiger partial charge in [0.15, 0.2) is 0 Å². The number of hydrogen-bond donors (Lipinski definition) is 1. The number of piperidine rings is 1. The van der Waals surface area contributed by atoms with Gasteiger partial charge in [0, 0.05) is 64.3 Å². The van der Waals surface area contributed by atoms with Crippen LogP contribution in [-0.4, -0.2) is 79.6 Å². The van der Waals surface area contributed by atoms with Gasteiger partial charge in [0.05, 0.1) is 24.4 Å². The first-order chi connectivity index (χ1) is 12.5. The maximum Gasteiger partial charge on any atom is 0.255 e. The van der Waals surface area contributed by atoms with Crippen LogP contribution in [0.15, 0.2) is 18.3 Å². The summed E-state index contributed by atoms with van der Waals surface area (Å²) in [5.74, 6) is 0.667. The van der Waals surface area contributed by atoms with Crippen molar-refractivity contribution in [2.24, 2.45) is 11.8 Å². The molecule has 1 N–H and O–H groups in total. The van der Waals surface area contributed by atoms with Crippen LogP contribution in [0.5, 0.6) is 0 Å². The fourth-order valence-corrected chi connectivity index (χ4v) is 4.64. The van der Waals surface area contributed by atoms with Gasteiger partial charge in [-0.05, 0) is 18.6 Å². The lowest BCUT2D eigenvalue weighted by molar-refractivity contribution is -0.212. The maximum atomic E-state index is 13.2. The second-order valence-electron chi connectivity index (χ2n) is 7.81. The molecule has 26 heavy (non-hydrogen) atoms. The summed E-state index contributed by atoms with van der Waals surface area (Å²) in [5.41, 5.74) is -0.212. The Morgan fingerprint density at radius 2 is 2.12 bits per heavy atom. The molecule has 4 atom stereocenters. The van der Waals surface area contributed by atoms with Crippen molar-refractivity contribution >= 4 is 11.7 Å². The third kappa shape index (κ3) is 2.88. The van der Waals surface area contributed by atoms with E-state index in [2.05, 4.69) is 4.98 Å². The zero-order chi connectivity index (χ0) is 18.3. The van der Waals surface area contributed by atoms with Crippen molar-refractivity contribution in [2.45, 2.75) is 24.5 Å². The highest BCUT2D eigenvalue weighted by molar-refractivity contribution is 5.94. The summed E-state index contributed by atoms with van der Waals surface area (Å²) < 4.78 is 11.3. The fourth-order valence-electron chi connectivity index (χ4n) is 4.64. The second kappa shape index (κ2) is 6.79. The standard InChI is InChI=1S/C19H27N3O4/c1-21(2)17-4-3-13(9-20-17)18(23)22-10-14-11-26-8-6-19(14,24)15-12-25-7-5-16(15)22/h3-4,9,14-16,24H,5-8,10-12H2,1-2H3/t14-,15+,16-,19-/m0/s1. The monoisotopic (exact) mass is 361 g/mol. The van der Waals surface area contributed by atoms with Gasteiger partial charge in [-0.1, -0.05) is 0 Å². The predicted molar refractivity (Wildman–Crippen MR) is 96.2 cm³/mol. The molecular formula is C19H27N3O4. The van der Waals surface area contributed by atoms with E-state index in [1.165, 1.54) is 0 Å². The van der Waals surface area contributed by atoms with Crippen LogP contribution < -0.4 is 4.90 Å². The van der Waals surface area contributed by atoms with Gasteiger partial charge in [0.25, 0.3) is 5.91 Å². The molecule has 4 heterocycles. The lowest BCUT2D eigenvalue weighted by atomic mass is 9.66. The fraction of sp³-hybridized carbons (Fsp3) is 0.684. The second-order valence-corrected chi connectivity index (χ2v) is 7.81. The largest absolute Gasteiger partial charge is 0.389 e. The van der Waals surface area contributed by atoms with E-state index in [0.717, 1.165) is 12.2 Å². The lowest BCUT2D eigenvalue weighted by Gasteiger charge is -2.57. The average molecular weight is 361 g/mol. The molecular weight excluding hydrogens is 334 g/mol. The molecule has 4 rings (SSSR count). The number of likely N-dealkylation sites (tertiary alicyclic amines) is 1. The summed E-state index contributed by atoms with van der Waals surface area (Å²) in [6, 6.07) is 3.69. The minimum absolute atomic E-state index is 0.00382. The van der Waals surface area contributed by atoms with Gasteiger partial charge in [-0.15, -0.1) is 0 Å². The van der Waals surface area contributed by atoms with E-state index in [1.54, 1.807) is 6.20 Å². The topological polar surface area (TPSA) is 75.1 Å². The van der Waals surface area contributed by atoms with Gasteiger partial charge in [-0.25, -0.2) is 4.98 Å². The zero-order valence-electron chi connectivity index (χ0n) is 15.4. The van der Waals surface area contributed by atoms with Crippen molar-refractivity contribution in [3.05, 3.63) is 23.9 Å². The van der Waals surface area contributed by atoms with Crippen LogP contribution in [0.25, 0.3) is 0 Å². The number of amides is 1. The first-order valence-corrected chi connectivity index (χ1v) is 9.33. The smallest absolute Gasteiger partial charge is 0.255 e. The van der Waals surface area contributed by atoms with Crippen LogP contribution in [-0.2, 0) is 9.47 Å². The average Bonchev–Trinajstić information content (AvgIpc) is 2.67. The molecule has 1 aromatic heterocycles. The Bertz CT molecular complexity index is 665. The third-order valence-corrected chi connectivity index (χ3v) is 6.17. The number of aliphatic hydroxyl groups is 1. The van der Waals surface area contributed by atoms with Crippen LogP contribution in [0, 0.1) is 11.8 Å². The normalized spacial score (nSPS) is 34.0. The Kier molecular flexibility index (Phi) is 4.62. The third-order valence-electron chi connectivity index (χ3n) is 6.17. The summed E-state index contributed by atoms with van der Waals surface area (Å²) in [6.45, 7) is 2.70. The highest BCUT2D eigenvalue weighted by Gasteiger charge is 2.56. The molecule has 0 unspecified atom stereocenters. The molecule has 1 amide bonds. The first kappa shape index (κ1) is 17.7. The summed E-state index contributed by atoms with van der Waals surface area (Å²) >= 11 is 0. The van der Waals surface area contributed by atoms with E-state index in [4.69, 9.17) is 9.47 Å². The van der Waals surface area contributed by atoms with Crippen molar-refractivity contribution < 1.29 is 19.4 Å². The van der Waals surface area contributed by atoms with Gasteiger partial charge < -0.3 is 24.4 Å². The van der Waals surface area contributed by atoms with Crippen LogP contribution in [0.2, 0.25) is 0 Å². The van der Waals surface area contributed by atoms with Crippen LogP contribution in [0.3, 0.4) is 0 Å². The van der Waals surface area contributed by atoms with E-state index in [1.807, 2.05) is 36.0 Å². The summed E-state index contributed by atoms with van der Waals surface area (Å²) in [6.07, 6.45) is 3.02. The molecule has 0 aromatic carbocycles. The number of fused-ring (bicyclic) bond motifs is 3. The van der Waals surface area contributed by atoms with E-state index in [-0.39, 0.29) is 23.8 Å². The summed E-state index contributed by atoms with van der Waals surface area (Å²) in [4.78, 5) is 21.4. The van der Waals surface area contributed by atoms with Crippen LogP contribution in [0.1, 0.15) is 23.2 Å². The van der Waals surface area contributed by atoms with Gasteiger partial charge >= 0.3 is 0 Å². The number of pyridine rings is 1. The van der Waals surface area contributed by atoms with E-state index in [0.29, 0.717) is 45.0 Å². The molecule has 3 fully saturated rings. The molecule has 0 bridgehead atoms. The van der Waals surface area contributed by atoms with Gasteiger partial charge in [0.2, 0.25) is 0 Å². The number of carbonyl (C=O) groups excluding carboxylic acids is 1. The molecule has 3 saturated heterocycles. The molecule has 0 saturated carbocycles. The number of hydrogen-bond acceptors (Lipinski definition) is 6. The highest BCUT2D eigenvalue weighted by Crippen LogP contribution is 2.44. The predicted octanol–water partition coefficient (Wildman–Crippen LogP) is 0.776. The van der Waals surface area contributed by atoms with E-state index in [9.17, 15) is 9.90 Å². The minimum Gasteiger partial charge on any atom is -0.389 e. The van der Waals surface area contributed by atoms with Crippen LogP contribution in [0.4, 0.5) is 5.82 Å². The number of aromatic nitrogens is 1. The Hall–Kier alpha value is -1.70. The molecule has 3 aliphatic rings. The van der Waals surface area contributed by atoms with Crippen molar-refractivity contribution in [1.29, 1.82) is 0 Å². The Labute approximate surface area is 153 Å². The van der Waals surface area contributed by atoms with Crippen molar-refractivity contribution in [3.63, 3.8) is 0 Å². The molecule has 7 nitrogen and oxygen atoms in total. The quantitative estimate of drug-likeness (QED) is 0.839. The molecule has 7 heteroatoms. The highest BCUT2D eigenvalue weighted by atomic mass is 16.5. The lowest BCUT2D eigenvalue weighted by Crippen LogP contribution is -2.68. The number of rotatable bonds is 2. The van der Waals surface area contributed by atoms with E-state index >= 15 is 0 Å². The molecule has 3 aliphatic heterocycles. The number of nitrogens with zero attached hydrogens (tertiary/aromatic N) is 3. The van der Waals surface area contributed by atoms with Crippen molar-refractivity contribution in [3.8, 4) is 0 Å². The van der Waals surface area contributed by atoms with Gasteiger partial charge in [0.1, 0.15) is 5.82 Å². The molecule has 142 valence electrons. The molecule has 1 aromatic rings. The van der Waals surface area contributed by atoms with Crippen molar-refractivity contribution in [1.82, 2.24) is 9.88 Å². The molecule has 0 aliphatic carbocycles. The Balaban J connectivity index is 1.61. The van der Waals surface area contributed by atoms with Gasteiger partial charge in [-0.3, -0.25) is 4.79 Å². The first-order valence-electron chi connectivity index (χ1n) is 9.33. The zero-order valence-corrected chi connectivity index (χ0v) is 15.4. The number of anilines is 1. The number of carbonyl (C=O) groups is 1. The molecule has 0 spiro atoms. The van der Waals surface area contributed by atoms with Crippen molar-refractivity contribution in [2.75, 3.05) is 52.0 Å². The maximum absolute atomic E-state index is 13.2. The number of ether oxygens (including phenoxy) is 2. The Morgan fingerprint density at radius 3 is 2.85 bits per heavy atom.